The Balaban J connectivity index is 1.56. The highest BCUT2D eigenvalue weighted by Gasteiger charge is 2.36. The molecule has 0 aliphatic carbocycles. The van der Waals surface area contributed by atoms with Crippen LogP contribution < -0.4 is 10.6 Å². The van der Waals surface area contributed by atoms with Crippen LogP contribution in [0.25, 0.3) is 16.7 Å². The second kappa shape index (κ2) is 10.9. The molecule has 10 heteroatoms. The molecule has 2 unspecified atom stereocenters. The van der Waals surface area contributed by atoms with Gasteiger partial charge in [0.25, 0.3) is 0 Å². The van der Waals surface area contributed by atoms with Gasteiger partial charge in [0, 0.05) is 36.8 Å². The number of aliphatic hydroxyl groups is 1. The summed E-state index contributed by atoms with van der Waals surface area (Å²) >= 11 is 0. The van der Waals surface area contributed by atoms with Crippen molar-refractivity contribution in [1.29, 1.82) is 0 Å². The minimum Gasteiger partial charge on any atom is -0.394 e. The summed E-state index contributed by atoms with van der Waals surface area (Å²) in [5.74, 6) is 0.0409. The fourth-order valence-electron chi connectivity index (χ4n) is 4.51. The van der Waals surface area contributed by atoms with Crippen LogP contribution in [0.4, 0.5) is 29.5 Å². The molecular formula is C26H31F3N4O3. The summed E-state index contributed by atoms with van der Waals surface area (Å²) in [4.78, 5) is 18.9. The largest absolute Gasteiger partial charge is 0.394 e. The third-order valence-corrected chi connectivity index (χ3v) is 6.42. The Morgan fingerprint density at radius 2 is 2.11 bits per heavy atom. The molecule has 3 heterocycles. The molecule has 36 heavy (non-hydrogen) atoms. The lowest BCUT2D eigenvalue weighted by molar-refractivity contribution is -0.143. The Labute approximate surface area is 208 Å². The first kappa shape index (κ1) is 26.0. The molecule has 2 atom stereocenters. The monoisotopic (exact) mass is 504 g/mol. The lowest BCUT2D eigenvalue weighted by atomic mass is 9.98. The van der Waals surface area contributed by atoms with Gasteiger partial charge in [0.1, 0.15) is 5.82 Å². The molecule has 7 nitrogen and oxygen atoms in total. The van der Waals surface area contributed by atoms with Crippen LogP contribution in [0.2, 0.25) is 0 Å². The van der Waals surface area contributed by atoms with Gasteiger partial charge in [0.2, 0.25) is 0 Å². The van der Waals surface area contributed by atoms with Gasteiger partial charge in [-0.05, 0) is 67.1 Å². The molecule has 3 N–H and O–H groups in total. The summed E-state index contributed by atoms with van der Waals surface area (Å²) in [6.07, 6.45) is -2.78. The van der Waals surface area contributed by atoms with E-state index < -0.39 is 24.5 Å². The predicted molar refractivity (Wildman–Crippen MR) is 133 cm³/mol. The van der Waals surface area contributed by atoms with E-state index >= 15 is 0 Å². The fourth-order valence-corrected chi connectivity index (χ4v) is 4.51. The minimum atomic E-state index is -4.23. The Kier molecular flexibility index (Phi) is 7.85. The maximum atomic E-state index is 12.8. The SMILES string of the molecule is Cc1ccc(NC(=O)N2CCC(CC(F)(F)F)C2)cc1-c1cc(NC(C)CO)nc(C2=CCOC2)c1. The molecule has 0 bridgehead atoms. The number of benzene rings is 1. The number of pyridine rings is 1. The number of likely N-dealkylation sites (tertiary alicyclic amines) is 1. The zero-order valence-corrected chi connectivity index (χ0v) is 20.4. The second-order valence-corrected chi connectivity index (χ2v) is 9.48. The molecule has 0 spiro atoms. The van der Waals surface area contributed by atoms with E-state index in [2.05, 4.69) is 15.6 Å². The summed E-state index contributed by atoms with van der Waals surface area (Å²) in [6, 6.07) is 8.79. The van der Waals surface area contributed by atoms with Crippen LogP contribution in [0.5, 0.6) is 0 Å². The number of halogens is 3. The van der Waals surface area contributed by atoms with E-state index in [9.17, 15) is 23.1 Å². The highest BCUT2D eigenvalue weighted by Crippen LogP contribution is 2.33. The van der Waals surface area contributed by atoms with Gasteiger partial charge in [-0.1, -0.05) is 12.1 Å². The van der Waals surface area contributed by atoms with Crippen molar-refractivity contribution < 1.29 is 27.8 Å². The molecule has 2 aliphatic heterocycles. The van der Waals surface area contributed by atoms with Crippen molar-refractivity contribution in [1.82, 2.24) is 9.88 Å². The van der Waals surface area contributed by atoms with Crippen LogP contribution in [-0.2, 0) is 4.74 Å². The van der Waals surface area contributed by atoms with Crippen molar-refractivity contribution in [2.75, 3.05) is 43.5 Å². The van der Waals surface area contributed by atoms with Gasteiger partial charge in [-0.15, -0.1) is 0 Å². The molecule has 1 aromatic heterocycles. The van der Waals surface area contributed by atoms with E-state index in [1.807, 2.05) is 44.2 Å². The highest BCUT2D eigenvalue weighted by atomic mass is 19.4. The van der Waals surface area contributed by atoms with E-state index in [1.165, 1.54) is 4.90 Å². The molecule has 1 fully saturated rings. The number of urea groups is 1. The van der Waals surface area contributed by atoms with Crippen LogP contribution in [0.1, 0.15) is 31.0 Å². The number of nitrogens with one attached hydrogen (secondary N) is 2. The van der Waals surface area contributed by atoms with Crippen molar-refractivity contribution in [2.24, 2.45) is 5.92 Å². The molecule has 0 saturated carbocycles. The first-order valence-corrected chi connectivity index (χ1v) is 12.0. The summed E-state index contributed by atoms with van der Waals surface area (Å²) < 4.78 is 43.6. The number of ether oxygens (including phenoxy) is 1. The normalized spacial score (nSPS) is 18.8. The number of aromatic nitrogens is 1. The average Bonchev–Trinajstić information content (AvgIpc) is 3.51. The summed E-state index contributed by atoms with van der Waals surface area (Å²) in [5, 5.41) is 15.5. The average molecular weight is 505 g/mol. The van der Waals surface area contributed by atoms with Crippen molar-refractivity contribution >= 4 is 23.1 Å². The molecule has 194 valence electrons. The number of nitrogens with zero attached hydrogens (tertiary/aromatic N) is 2. The second-order valence-electron chi connectivity index (χ2n) is 9.48. The molecule has 1 saturated heterocycles. The predicted octanol–water partition coefficient (Wildman–Crippen LogP) is 5.07. The standard InChI is InChI=1S/C26H31F3N4O3/c1-16-3-4-21(31-25(35)33-7-5-18(13-33)12-26(27,28)29)11-22(16)20-9-23(19-6-8-36-15-19)32-24(10-20)30-17(2)14-34/h3-4,6,9-11,17-18,34H,5,7-8,12-15H2,1-2H3,(H,30,32)(H,31,35). The maximum Gasteiger partial charge on any atom is 0.389 e. The smallest absolute Gasteiger partial charge is 0.389 e. The van der Waals surface area contributed by atoms with E-state index in [1.54, 1.807) is 6.07 Å². The molecule has 0 radical (unpaired) electrons. The zero-order chi connectivity index (χ0) is 25.9. The first-order valence-electron chi connectivity index (χ1n) is 12.0. The van der Waals surface area contributed by atoms with Gasteiger partial charge in [-0.25, -0.2) is 9.78 Å². The number of hydrogen-bond acceptors (Lipinski definition) is 5. The van der Waals surface area contributed by atoms with E-state index in [-0.39, 0.29) is 19.2 Å². The van der Waals surface area contributed by atoms with Gasteiger partial charge >= 0.3 is 12.2 Å². The molecule has 2 aromatic rings. The van der Waals surface area contributed by atoms with Crippen LogP contribution >= 0.6 is 0 Å². The Bertz CT molecular complexity index is 1140. The fraction of sp³-hybridized carbons (Fsp3) is 0.462. The molecule has 2 amide bonds. The summed E-state index contributed by atoms with van der Waals surface area (Å²) in [7, 11) is 0. The number of aryl methyl sites for hydroxylation is 1. The molecule has 2 aliphatic rings. The minimum absolute atomic E-state index is 0.0477. The van der Waals surface area contributed by atoms with E-state index in [0.29, 0.717) is 37.7 Å². The van der Waals surface area contributed by atoms with E-state index in [4.69, 9.17) is 4.74 Å². The van der Waals surface area contributed by atoms with Crippen molar-refractivity contribution in [3.8, 4) is 11.1 Å². The number of carbonyl (C=O) groups is 1. The highest BCUT2D eigenvalue weighted by molar-refractivity contribution is 5.91. The number of amides is 2. The van der Waals surface area contributed by atoms with Crippen LogP contribution in [0.3, 0.4) is 0 Å². The van der Waals surface area contributed by atoms with Gasteiger partial charge in [0.15, 0.2) is 0 Å². The van der Waals surface area contributed by atoms with Gasteiger partial charge in [0.05, 0.1) is 25.5 Å². The molecule has 1 aromatic carbocycles. The summed E-state index contributed by atoms with van der Waals surface area (Å²) in [5.41, 5.74) is 5.03. The Morgan fingerprint density at radius 3 is 2.81 bits per heavy atom. The van der Waals surface area contributed by atoms with Crippen LogP contribution in [0.15, 0.2) is 36.4 Å². The van der Waals surface area contributed by atoms with E-state index in [0.717, 1.165) is 28.0 Å². The number of hydrogen-bond donors (Lipinski definition) is 3. The third-order valence-electron chi connectivity index (χ3n) is 6.42. The summed E-state index contributed by atoms with van der Waals surface area (Å²) in [6.45, 7) is 5.15. The Hall–Kier alpha value is -3.11. The number of carbonyl (C=O) groups excluding carboxylic acids is 1. The number of aliphatic hydroxyl groups excluding tert-OH is 1. The zero-order valence-electron chi connectivity index (χ0n) is 20.4. The lowest BCUT2D eigenvalue weighted by Gasteiger charge is -2.19. The maximum absolute atomic E-state index is 12.8. The molecular weight excluding hydrogens is 473 g/mol. The third kappa shape index (κ3) is 6.55. The molecule has 4 rings (SSSR count). The van der Waals surface area contributed by atoms with Crippen molar-refractivity contribution in [3.63, 3.8) is 0 Å². The van der Waals surface area contributed by atoms with Gasteiger partial charge in [-0.2, -0.15) is 13.2 Å². The lowest BCUT2D eigenvalue weighted by Crippen LogP contribution is -2.33. The topological polar surface area (TPSA) is 86.7 Å². The van der Waals surface area contributed by atoms with Crippen molar-refractivity contribution in [2.45, 2.75) is 38.9 Å². The number of alkyl halides is 3. The number of rotatable bonds is 7. The number of anilines is 2. The van der Waals surface area contributed by atoms with Crippen LogP contribution in [0, 0.1) is 12.8 Å². The Morgan fingerprint density at radius 1 is 1.31 bits per heavy atom. The van der Waals surface area contributed by atoms with Gasteiger partial charge < -0.3 is 25.4 Å². The van der Waals surface area contributed by atoms with Crippen LogP contribution in [-0.4, -0.2) is 66.1 Å². The quantitative estimate of drug-likeness (QED) is 0.490. The van der Waals surface area contributed by atoms with Gasteiger partial charge in [-0.3, -0.25) is 0 Å². The van der Waals surface area contributed by atoms with Crippen molar-refractivity contribution in [3.05, 3.63) is 47.7 Å². The first-order chi connectivity index (χ1) is 17.1.